The second-order valence-corrected chi connectivity index (χ2v) is 10.3. The summed E-state index contributed by atoms with van der Waals surface area (Å²) in [6, 6.07) is 0.151. The molecule has 0 heterocycles. The van der Waals surface area contributed by atoms with Gasteiger partial charge in [-0.3, -0.25) is 0 Å². The Hall–Kier alpha value is -0.593. The van der Waals surface area contributed by atoms with Gasteiger partial charge >= 0.3 is 6.09 Å². The highest BCUT2D eigenvalue weighted by Gasteiger charge is 2.23. The predicted molar refractivity (Wildman–Crippen MR) is 96.9 cm³/mol. The lowest BCUT2D eigenvalue weighted by molar-refractivity contribution is 0.0488. The number of rotatable bonds is 8. The van der Waals surface area contributed by atoms with Gasteiger partial charge in [0.1, 0.15) is 5.60 Å². The van der Waals surface area contributed by atoms with Gasteiger partial charge in [0.25, 0.3) is 0 Å². The molecule has 23 heavy (non-hydrogen) atoms. The second kappa shape index (κ2) is 10.3. The fourth-order valence-electron chi connectivity index (χ4n) is 3.01. The van der Waals surface area contributed by atoms with Crippen LogP contribution in [0.2, 0.25) is 13.1 Å². The summed E-state index contributed by atoms with van der Waals surface area (Å²) in [5.41, 5.74) is 2.59. The number of alkyl carbamates (subject to hydrolysis) is 1. The molecule has 5 nitrogen and oxygen atoms in total. The van der Waals surface area contributed by atoms with Crippen LogP contribution in [0.4, 0.5) is 4.79 Å². The zero-order chi connectivity index (χ0) is 17.3. The summed E-state index contributed by atoms with van der Waals surface area (Å²) in [5, 5.41) is 3.06. The van der Waals surface area contributed by atoms with E-state index in [1.54, 1.807) is 0 Å². The molecule has 0 unspecified atom stereocenters. The molecule has 0 radical (unpaired) electrons. The van der Waals surface area contributed by atoms with E-state index in [1.165, 1.54) is 32.1 Å². The number of hydrogen-bond acceptors (Lipinski definition) is 4. The fraction of sp³-hybridized carbons (Fsp3) is 0.941. The van der Waals surface area contributed by atoms with Crippen LogP contribution in [0.3, 0.4) is 0 Å². The Morgan fingerprint density at radius 2 is 1.87 bits per heavy atom. The first-order valence-corrected chi connectivity index (χ1v) is 11.9. The van der Waals surface area contributed by atoms with Gasteiger partial charge in [0, 0.05) is 12.6 Å². The van der Waals surface area contributed by atoms with Crippen LogP contribution in [0.15, 0.2) is 0 Å². The van der Waals surface area contributed by atoms with E-state index in [0.717, 1.165) is 25.3 Å². The zero-order valence-electron chi connectivity index (χ0n) is 15.6. The lowest BCUT2D eigenvalue weighted by Gasteiger charge is -2.28. The van der Waals surface area contributed by atoms with Crippen LogP contribution >= 0.6 is 0 Å². The minimum atomic E-state index is -1.05. The van der Waals surface area contributed by atoms with Crippen LogP contribution in [0.1, 0.15) is 65.7 Å². The molecule has 0 aromatic carbocycles. The minimum Gasteiger partial charge on any atom is -0.444 e. The molecule has 0 bridgehead atoms. The Kier molecular flexibility index (Phi) is 9.17. The molecule has 1 rings (SSSR count). The maximum absolute atomic E-state index is 12.1. The standard InChI is InChI=1S/C17H36N2O3Si/c1-17(2,3)21-16(20)19-15(11-12-18-22-23(4)5)13-14-9-7-6-8-10-14/h14-15,18,23H,6-13H2,1-5H3,(H,19,20)/t15-/m1/s1. The van der Waals surface area contributed by atoms with Crippen molar-refractivity contribution >= 4 is 15.1 Å². The van der Waals surface area contributed by atoms with Gasteiger partial charge in [0.2, 0.25) is 0 Å². The molecular weight excluding hydrogens is 308 g/mol. The number of hydroxylamine groups is 1. The van der Waals surface area contributed by atoms with Gasteiger partial charge in [0.15, 0.2) is 9.04 Å². The first-order valence-electron chi connectivity index (χ1n) is 9.14. The van der Waals surface area contributed by atoms with E-state index in [0.29, 0.717) is 0 Å². The number of ether oxygens (including phenoxy) is 1. The third-order valence-electron chi connectivity index (χ3n) is 3.98. The second-order valence-electron chi connectivity index (χ2n) is 7.93. The first-order chi connectivity index (χ1) is 10.8. The normalized spacial score (nSPS) is 18.0. The molecular formula is C17H36N2O3Si. The molecule has 1 aliphatic carbocycles. The summed E-state index contributed by atoms with van der Waals surface area (Å²) < 4.78 is 10.9. The topological polar surface area (TPSA) is 59.6 Å². The van der Waals surface area contributed by atoms with E-state index in [9.17, 15) is 4.79 Å². The van der Waals surface area contributed by atoms with Crippen molar-refractivity contribution in [1.82, 2.24) is 10.8 Å². The van der Waals surface area contributed by atoms with Crippen molar-refractivity contribution in [3.05, 3.63) is 0 Å². The monoisotopic (exact) mass is 344 g/mol. The maximum atomic E-state index is 12.1. The van der Waals surface area contributed by atoms with Gasteiger partial charge in [-0.05, 0) is 52.6 Å². The number of carbonyl (C=O) groups is 1. The highest BCUT2D eigenvalue weighted by Crippen LogP contribution is 2.28. The Bertz CT molecular complexity index is 339. The van der Waals surface area contributed by atoms with Crippen molar-refractivity contribution in [1.29, 1.82) is 0 Å². The summed E-state index contributed by atoms with van der Waals surface area (Å²) in [7, 11) is -1.05. The van der Waals surface area contributed by atoms with Crippen molar-refractivity contribution in [2.24, 2.45) is 5.92 Å². The Morgan fingerprint density at radius 3 is 2.43 bits per heavy atom. The van der Waals surface area contributed by atoms with Crippen LogP contribution in [0, 0.1) is 5.92 Å². The molecule has 0 saturated heterocycles. The van der Waals surface area contributed by atoms with E-state index in [1.807, 2.05) is 20.8 Å². The van der Waals surface area contributed by atoms with Gasteiger partial charge in [-0.1, -0.05) is 32.1 Å². The number of hydrogen-bond donors (Lipinski definition) is 2. The fourth-order valence-corrected chi connectivity index (χ4v) is 3.46. The average Bonchev–Trinajstić information content (AvgIpc) is 2.42. The number of amides is 1. The van der Waals surface area contributed by atoms with Crippen LogP contribution in [-0.4, -0.2) is 33.3 Å². The smallest absolute Gasteiger partial charge is 0.407 e. The van der Waals surface area contributed by atoms with Crippen LogP contribution in [-0.2, 0) is 9.26 Å². The van der Waals surface area contributed by atoms with E-state index < -0.39 is 14.6 Å². The largest absolute Gasteiger partial charge is 0.444 e. The third kappa shape index (κ3) is 10.7. The molecule has 2 N–H and O–H groups in total. The molecule has 0 spiro atoms. The first kappa shape index (κ1) is 20.5. The molecule has 1 amide bonds. The molecule has 1 saturated carbocycles. The van der Waals surface area contributed by atoms with E-state index >= 15 is 0 Å². The molecule has 0 aromatic rings. The van der Waals surface area contributed by atoms with Crippen molar-refractivity contribution in [2.45, 2.75) is 90.5 Å². The number of nitrogens with one attached hydrogen (secondary N) is 2. The average molecular weight is 345 g/mol. The quantitative estimate of drug-likeness (QED) is 0.400. The lowest BCUT2D eigenvalue weighted by Crippen LogP contribution is -2.41. The Balaban J connectivity index is 2.44. The third-order valence-corrected chi connectivity index (χ3v) is 4.62. The summed E-state index contributed by atoms with van der Waals surface area (Å²) in [4.78, 5) is 12.1. The summed E-state index contributed by atoms with van der Waals surface area (Å²) >= 11 is 0. The van der Waals surface area contributed by atoms with Crippen molar-refractivity contribution in [3.63, 3.8) is 0 Å². The SMILES string of the molecule is C[SiH](C)ONCC[C@H](CC1CCCCC1)NC(=O)OC(C)(C)C. The molecule has 1 atom stereocenters. The Morgan fingerprint density at radius 1 is 1.22 bits per heavy atom. The van der Waals surface area contributed by atoms with Crippen molar-refractivity contribution in [2.75, 3.05) is 6.54 Å². The van der Waals surface area contributed by atoms with Gasteiger partial charge < -0.3 is 14.6 Å². The van der Waals surface area contributed by atoms with Gasteiger partial charge in [-0.2, -0.15) is 0 Å². The molecule has 0 aromatic heterocycles. The van der Waals surface area contributed by atoms with Crippen LogP contribution in [0.5, 0.6) is 0 Å². The van der Waals surface area contributed by atoms with Gasteiger partial charge in [-0.25, -0.2) is 10.3 Å². The van der Waals surface area contributed by atoms with E-state index in [-0.39, 0.29) is 12.1 Å². The zero-order valence-corrected chi connectivity index (χ0v) is 16.8. The van der Waals surface area contributed by atoms with Crippen LogP contribution in [0.25, 0.3) is 0 Å². The molecule has 1 aliphatic rings. The Labute approximate surface area is 143 Å². The summed E-state index contributed by atoms with van der Waals surface area (Å²) in [6.45, 7) is 10.7. The lowest BCUT2D eigenvalue weighted by atomic mass is 9.84. The van der Waals surface area contributed by atoms with Crippen molar-refractivity contribution in [3.8, 4) is 0 Å². The molecule has 6 heteroatoms. The molecule has 136 valence electrons. The summed E-state index contributed by atoms with van der Waals surface area (Å²) in [5.74, 6) is 0.726. The van der Waals surface area contributed by atoms with Crippen LogP contribution < -0.4 is 10.8 Å². The predicted octanol–water partition coefficient (Wildman–Crippen LogP) is 3.74. The van der Waals surface area contributed by atoms with Gasteiger partial charge in [0.05, 0.1) is 0 Å². The van der Waals surface area contributed by atoms with Gasteiger partial charge in [-0.15, -0.1) is 0 Å². The maximum Gasteiger partial charge on any atom is 0.407 e. The van der Waals surface area contributed by atoms with E-state index in [2.05, 4.69) is 23.9 Å². The molecule has 1 fully saturated rings. The number of carbonyl (C=O) groups excluding carboxylic acids is 1. The van der Waals surface area contributed by atoms with E-state index in [4.69, 9.17) is 9.26 Å². The molecule has 0 aliphatic heterocycles. The van der Waals surface area contributed by atoms with Crippen molar-refractivity contribution < 1.29 is 14.1 Å². The minimum absolute atomic E-state index is 0.151. The highest BCUT2D eigenvalue weighted by atomic mass is 28.3. The summed E-state index contributed by atoms with van der Waals surface area (Å²) in [6.07, 6.45) is 8.18. The highest BCUT2D eigenvalue weighted by molar-refractivity contribution is 6.48.